The van der Waals surface area contributed by atoms with Crippen LogP contribution in [0.3, 0.4) is 0 Å². The van der Waals surface area contributed by atoms with Crippen LogP contribution in [0.5, 0.6) is 0 Å². The Kier molecular flexibility index (Phi) is 1.36. The van der Waals surface area contributed by atoms with E-state index in [-0.39, 0.29) is 4.87 Å². The summed E-state index contributed by atoms with van der Waals surface area (Å²) in [5, 5.41) is 0. The first-order valence-corrected chi connectivity index (χ1v) is 3.91. The SMILES string of the molecule is CC(C)(C)C1CC1(C)Cl. The molecule has 0 aromatic heterocycles. The van der Waals surface area contributed by atoms with Crippen molar-refractivity contribution in [3.05, 3.63) is 0 Å². The first-order chi connectivity index (χ1) is 3.84. The van der Waals surface area contributed by atoms with E-state index >= 15 is 0 Å². The summed E-state index contributed by atoms with van der Waals surface area (Å²) in [6.07, 6.45) is 1.19. The molecule has 0 heterocycles. The normalized spacial score (nSPS) is 43.0. The summed E-state index contributed by atoms with van der Waals surface area (Å²) in [6.45, 7) is 8.90. The highest BCUT2D eigenvalue weighted by Gasteiger charge is 2.54. The molecule has 0 bridgehead atoms. The summed E-state index contributed by atoms with van der Waals surface area (Å²) in [5.41, 5.74) is 0.413. The smallest absolute Gasteiger partial charge is 0.0455 e. The van der Waals surface area contributed by atoms with Crippen LogP contribution in [0.2, 0.25) is 0 Å². The maximum absolute atomic E-state index is 6.09. The molecule has 0 saturated heterocycles. The topological polar surface area (TPSA) is 0 Å². The fourth-order valence-corrected chi connectivity index (χ4v) is 2.03. The van der Waals surface area contributed by atoms with Crippen LogP contribution in [0, 0.1) is 11.3 Å². The van der Waals surface area contributed by atoms with Gasteiger partial charge in [0.15, 0.2) is 0 Å². The second-order valence-electron chi connectivity index (χ2n) is 4.40. The summed E-state index contributed by atoms with van der Waals surface area (Å²) in [5.74, 6) is 0.728. The van der Waals surface area contributed by atoms with Crippen molar-refractivity contribution >= 4 is 11.6 Å². The van der Waals surface area contributed by atoms with Gasteiger partial charge in [0.1, 0.15) is 0 Å². The Morgan fingerprint density at radius 2 is 1.78 bits per heavy atom. The van der Waals surface area contributed by atoms with Gasteiger partial charge in [0.25, 0.3) is 0 Å². The largest absolute Gasteiger partial charge is 0.119 e. The van der Waals surface area contributed by atoms with Crippen molar-refractivity contribution in [1.82, 2.24) is 0 Å². The second kappa shape index (κ2) is 1.66. The molecule has 0 spiro atoms. The van der Waals surface area contributed by atoms with Gasteiger partial charge in [0.05, 0.1) is 0 Å². The Hall–Kier alpha value is 0.290. The molecule has 1 heteroatoms. The van der Waals surface area contributed by atoms with Crippen LogP contribution in [-0.4, -0.2) is 4.87 Å². The molecule has 2 unspecified atom stereocenters. The third kappa shape index (κ3) is 1.40. The highest BCUT2D eigenvalue weighted by atomic mass is 35.5. The quantitative estimate of drug-likeness (QED) is 0.461. The number of hydrogen-bond donors (Lipinski definition) is 0. The lowest BCUT2D eigenvalue weighted by atomic mass is 9.89. The maximum atomic E-state index is 6.09. The van der Waals surface area contributed by atoms with Crippen molar-refractivity contribution in [2.24, 2.45) is 11.3 Å². The third-order valence-electron chi connectivity index (χ3n) is 2.22. The average molecular weight is 147 g/mol. The van der Waals surface area contributed by atoms with Crippen LogP contribution < -0.4 is 0 Å². The molecule has 1 aliphatic carbocycles. The van der Waals surface area contributed by atoms with Gasteiger partial charge in [0, 0.05) is 4.87 Å². The lowest BCUT2D eigenvalue weighted by Crippen LogP contribution is -2.13. The van der Waals surface area contributed by atoms with Gasteiger partial charge in [0.2, 0.25) is 0 Å². The van der Waals surface area contributed by atoms with E-state index in [9.17, 15) is 0 Å². The van der Waals surface area contributed by atoms with E-state index in [4.69, 9.17) is 11.6 Å². The highest BCUT2D eigenvalue weighted by molar-refractivity contribution is 6.26. The van der Waals surface area contributed by atoms with Crippen molar-refractivity contribution < 1.29 is 0 Å². The average Bonchev–Trinajstić information content (AvgIpc) is 2.10. The van der Waals surface area contributed by atoms with E-state index in [2.05, 4.69) is 27.7 Å². The minimum Gasteiger partial charge on any atom is -0.119 e. The molecule has 9 heavy (non-hydrogen) atoms. The lowest BCUT2D eigenvalue weighted by molar-refractivity contribution is 0.339. The monoisotopic (exact) mass is 146 g/mol. The third-order valence-corrected chi connectivity index (χ3v) is 2.63. The van der Waals surface area contributed by atoms with Gasteiger partial charge in [-0.3, -0.25) is 0 Å². The van der Waals surface area contributed by atoms with E-state index in [0.717, 1.165) is 5.92 Å². The molecule has 2 atom stereocenters. The van der Waals surface area contributed by atoms with Gasteiger partial charge >= 0.3 is 0 Å². The molecule has 0 aromatic carbocycles. The van der Waals surface area contributed by atoms with Crippen LogP contribution in [0.1, 0.15) is 34.1 Å². The summed E-state index contributed by atoms with van der Waals surface area (Å²) >= 11 is 6.09. The molecule has 0 N–H and O–H groups in total. The number of rotatable bonds is 0. The minimum absolute atomic E-state index is 0.123. The fourth-order valence-electron chi connectivity index (χ4n) is 1.55. The van der Waals surface area contributed by atoms with Crippen molar-refractivity contribution in [2.75, 3.05) is 0 Å². The van der Waals surface area contributed by atoms with Crippen molar-refractivity contribution in [1.29, 1.82) is 0 Å². The molecular formula is C8H15Cl. The maximum Gasteiger partial charge on any atom is 0.0455 e. The first kappa shape index (κ1) is 7.40. The Morgan fingerprint density at radius 1 is 1.44 bits per heavy atom. The molecule has 0 amide bonds. The molecule has 1 saturated carbocycles. The van der Waals surface area contributed by atoms with E-state index in [1.807, 2.05) is 0 Å². The Morgan fingerprint density at radius 3 is 1.78 bits per heavy atom. The van der Waals surface area contributed by atoms with Gasteiger partial charge < -0.3 is 0 Å². The Labute approximate surface area is 62.6 Å². The molecule has 0 radical (unpaired) electrons. The van der Waals surface area contributed by atoms with Crippen LogP contribution in [-0.2, 0) is 0 Å². The van der Waals surface area contributed by atoms with Gasteiger partial charge in [-0.25, -0.2) is 0 Å². The Balaban J connectivity index is 2.52. The van der Waals surface area contributed by atoms with Crippen LogP contribution in [0.4, 0.5) is 0 Å². The van der Waals surface area contributed by atoms with Gasteiger partial charge in [-0.15, -0.1) is 11.6 Å². The van der Waals surface area contributed by atoms with Gasteiger partial charge in [-0.2, -0.15) is 0 Å². The molecular weight excluding hydrogens is 132 g/mol. The van der Waals surface area contributed by atoms with Crippen molar-refractivity contribution in [2.45, 2.75) is 39.0 Å². The number of alkyl halides is 1. The van der Waals surface area contributed by atoms with Gasteiger partial charge in [-0.05, 0) is 24.7 Å². The summed E-state index contributed by atoms with van der Waals surface area (Å²) in [7, 11) is 0. The molecule has 0 aliphatic heterocycles. The summed E-state index contributed by atoms with van der Waals surface area (Å²) in [6, 6.07) is 0. The molecule has 1 fully saturated rings. The second-order valence-corrected chi connectivity index (χ2v) is 5.26. The van der Waals surface area contributed by atoms with Crippen molar-refractivity contribution in [3.63, 3.8) is 0 Å². The number of halogens is 1. The predicted octanol–water partition coefficient (Wildman–Crippen LogP) is 3.05. The Bertz CT molecular complexity index is 119. The fraction of sp³-hybridized carbons (Fsp3) is 1.00. The summed E-state index contributed by atoms with van der Waals surface area (Å²) < 4.78 is 0. The molecule has 54 valence electrons. The van der Waals surface area contributed by atoms with E-state index in [0.29, 0.717) is 5.41 Å². The van der Waals surface area contributed by atoms with Crippen molar-refractivity contribution in [3.8, 4) is 0 Å². The zero-order chi connectivity index (χ0) is 7.28. The molecule has 0 nitrogen and oxygen atoms in total. The highest BCUT2D eigenvalue weighted by Crippen LogP contribution is 2.57. The van der Waals surface area contributed by atoms with E-state index in [1.165, 1.54) is 6.42 Å². The molecule has 1 rings (SSSR count). The van der Waals surface area contributed by atoms with Crippen LogP contribution >= 0.6 is 11.6 Å². The molecule has 0 aromatic rings. The standard InChI is InChI=1S/C8H15Cl/c1-7(2,3)6-5-8(6,4)9/h6H,5H2,1-4H3. The first-order valence-electron chi connectivity index (χ1n) is 3.53. The lowest BCUT2D eigenvalue weighted by Gasteiger charge is -2.18. The number of hydrogen-bond acceptors (Lipinski definition) is 0. The zero-order valence-corrected chi connectivity index (χ0v) is 7.42. The van der Waals surface area contributed by atoms with E-state index < -0.39 is 0 Å². The van der Waals surface area contributed by atoms with Crippen LogP contribution in [0.25, 0.3) is 0 Å². The van der Waals surface area contributed by atoms with Gasteiger partial charge in [-0.1, -0.05) is 20.8 Å². The van der Waals surface area contributed by atoms with Crippen LogP contribution in [0.15, 0.2) is 0 Å². The van der Waals surface area contributed by atoms with E-state index in [1.54, 1.807) is 0 Å². The summed E-state index contributed by atoms with van der Waals surface area (Å²) in [4.78, 5) is 0.123. The minimum atomic E-state index is 0.123. The molecule has 1 aliphatic rings. The zero-order valence-electron chi connectivity index (χ0n) is 6.66. The predicted molar refractivity (Wildman–Crippen MR) is 41.8 cm³/mol.